The molecule has 6 nitrogen and oxygen atoms in total. The minimum Gasteiger partial charge on any atom is -0.308 e. The number of rotatable bonds is 4. The van der Waals surface area contributed by atoms with E-state index >= 15 is 0 Å². The number of imide groups is 1. The maximum absolute atomic E-state index is 14.3. The van der Waals surface area contributed by atoms with Crippen LogP contribution in [0.15, 0.2) is 116 Å². The Morgan fingerprint density at radius 2 is 1.16 bits per heavy atom. The second-order valence-electron chi connectivity index (χ2n) is 11.7. The van der Waals surface area contributed by atoms with Crippen molar-refractivity contribution in [3.8, 4) is 27.9 Å². The number of amides is 2. The fourth-order valence-corrected chi connectivity index (χ4v) is 6.89. The predicted octanol–water partition coefficient (Wildman–Crippen LogP) is 8.63. The van der Waals surface area contributed by atoms with E-state index in [1.807, 2.05) is 81.7 Å². The van der Waals surface area contributed by atoms with Crippen molar-refractivity contribution in [2.24, 2.45) is 0 Å². The van der Waals surface area contributed by atoms with Gasteiger partial charge in [-0.25, -0.2) is 4.90 Å². The van der Waals surface area contributed by atoms with Crippen LogP contribution in [0.2, 0.25) is 0 Å². The molecule has 2 amide bonds. The number of anilines is 1. The van der Waals surface area contributed by atoms with Crippen molar-refractivity contribution in [2.45, 2.75) is 20.8 Å². The smallest absolute Gasteiger partial charge is 0.268 e. The molecule has 0 saturated carbocycles. The Morgan fingerprint density at radius 3 is 1.69 bits per heavy atom. The van der Waals surface area contributed by atoms with Gasteiger partial charge in [0.05, 0.1) is 33.5 Å². The van der Waals surface area contributed by atoms with Crippen molar-refractivity contribution in [1.29, 1.82) is 0 Å². The number of benzene rings is 4. The van der Waals surface area contributed by atoms with Crippen LogP contribution in [0.25, 0.3) is 49.7 Å². The number of carbonyl (C=O) groups excluding carboxylic acids is 2. The maximum Gasteiger partial charge on any atom is 0.268 e. The Labute approximate surface area is 260 Å². The largest absolute Gasteiger partial charge is 0.308 e. The molecule has 7 aromatic rings. The van der Waals surface area contributed by atoms with Crippen molar-refractivity contribution in [3.05, 3.63) is 144 Å². The van der Waals surface area contributed by atoms with E-state index in [4.69, 9.17) is 0 Å². The van der Waals surface area contributed by atoms with Gasteiger partial charge in [0.15, 0.2) is 0 Å². The predicted molar refractivity (Wildman–Crippen MR) is 179 cm³/mol. The molecule has 4 heterocycles. The second kappa shape index (κ2) is 10.1. The van der Waals surface area contributed by atoms with E-state index in [-0.39, 0.29) is 11.8 Å². The minimum absolute atomic E-state index is 0.301. The van der Waals surface area contributed by atoms with Crippen molar-refractivity contribution in [3.63, 3.8) is 0 Å². The lowest BCUT2D eigenvalue weighted by atomic mass is 10.0. The quantitative estimate of drug-likeness (QED) is 0.194. The average molecular weight is 585 g/mol. The Kier molecular flexibility index (Phi) is 6.00. The van der Waals surface area contributed by atoms with Crippen LogP contribution in [-0.2, 0) is 0 Å². The average Bonchev–Trinajstić information content (AvgIpc) is 3.51. The molecule has 1 aliphatic rings. The number of nitrogens with zero attached hydrogens (tertiary/aromatic N) is 4. The number of hydrogen-bond acceptors (Lipinski definition) is 4. The fourth-order valence-electron chi connectivity index (χ4n) is 6.89. The summed E-state index contributed by atoms with van der Waals surface area (Å²) in [5, 5.41) is 2.07. The lowest BCUT2D eigenvalue weighted by Crippen LogP contribution is -2.31. The summed E-state index contributed by atoms with van der Waals surface area (Å²) in [6.45, 7) is 5.92. The van der Waals surface area contributed by atoms with Gasteiger partial charge in [-0.3, -0.25) is 19.6 Å². The van der Waals surface area contributed by atoms with Gasteiger partial charge in [-0.05, 0) is 91.6 Å². The molecule has 1 aliphatic heterocycles. The van der Waals surface area contributed by atoms with Gasteiger partial charge in [-0.2, -0.15) is 0 Å². The number of fused-ring (bicyclic) bond motifs is 4. The van der Waals surface area contributed by atoms with E-state index < -0.39 is 0 Å². The van der Waals surface area contributed by atoms with E-state index in [2.05, 4.69) is 50.9 Å². The molecule has 45 heavy (non-hydrogen) atoms. The van der Waals surface area contributed by atoms with Crippen molar-refractivity contribution < 1.29 is 9.59 Å². The molecule has 216 valence electrons. The lowest BCUT2D eigenvalue weighted by Gasteiger charge is -2.20. The lowest BCUT2D eigenvalue weighted by molar-refractivity contribution is 0.0925. The highest BCUT2D eigenvalue weighted by atomic mass is 16.2. The standard InChI is InChI=1S/C39H28N4O2/c1-23-17-24(2)37(25(3)18-23)43-38(44)30-9-4-10-35(36(30)39(43)45)42-33-13-11-26(28-7-5-15-40-21-28)19-31(33)32-20-27(12-14-34(32)42)29-8-6-16-41-22-29/h4-22H,1-3H3. The maximum atomic E-state index is 14.3. The Balaban J connectivity index is 1.39. The van der Waals surface area contributed by atoms with E-state index in [1.54, 1.807) is 18.5 Å². The molecule has 0 spiro atoms. The zero-order valence-electron chi connectivity index (χ0n) is 25.1. The molecule has 4 aromatic carbocycles. The first-order chi connectivity index (χ1) is 21.9. The van der Waals surface area contributed by atoms with E-state index in [0.717, 1.165) is 60.8 Å². The van der Waals surface area contributed by atoms with Gasteiger partial charge in [0.2, 0.25) is 0 Å². The van der Waals surface area contributed by atoms with Crippen LogP contribution in [0.1, 0.15) is 37.4 Å². The van der Waals surface area contributed by atoms with Crippen molar-refractivity contribution >= 4 is 39.3 Å². The summed E-state index contributed by atoms with van der Waals surface area (Å²) >= 11 is 0. The highest BCUT2D eigenvalue weighted by molar-refractivity contribution is 6.36. The van der Waals surface area contributed by atoms with Crippen LogP contribution < -0.4 is 4.90 Å². The summed E-state index contributed by atoms with van der Waals surface area (Å²) in [6, 6.07) is 30.3. The van der Waals surface area contributed by atoms with Crippen LogP contribution in [0.4, 0.5) is 5.69 Å². The molecular formula is C39H28N4O2. The Morgan fingerprint density at radius 1 is 0.578 bits per heavy atom. The summed E-state index contributed by atoms with van der Waals surface area (Å²) in [6.07, 6.45) is 7.26. The minimum atomic E-state index is -0.311. The molecule has 8 rings (SSSR count). The van der Waals surface area contributed by atoms with E-state index in [1.165, 1.54) is 4.90 Å². The summed E-state index contributed by atoms with van der Waals surface area (Å²) < 4.78 is 2.12. The zero-order valence-corrected chi connectivity index (χ0v) is 25.1. The molecule has 0 fully saturated rings. The summed E-state index contributed by atoms with van der Waals surface area (Å²) in [5.74, 6) is -0.611. The first kappa shape index (κ1) is 26.7. The number of carbonyl (C=O) groups is 2. The Bertz CT molecular complexity index is 2220. The summed E-state index contributed by atoms with van der Waals surface area (Å²) in [7, 11) is 0. The summed E-state index contributed by atoms with van der Waals surface area (Å²) in [4.78, 5) is 38.3. The third-order valence-corrected chi connectivity index (χ3v) is 8.75. The molecule has 0 N–H and O–H groups in total. The normalized spacial score (nSPS) is 12.8. The van der Waals surface area contributed by atoms with Crippen LogP contribution >= 0.6 is 0 Å². The molecule has 0 bridgehead atoms. The first-order valence-electron chi connectivity index (χ1n) is 14.9. The molecule has 3 aromatic heterocycles. The fraction of sp³-hybridized carbons (Fsp3) is 0.0769. The van der Waals surface area contributed by atoms with Crippen LogP contribution in [0.3, 0.4) is 0 Å². The molecule has 6 heteroatoms. The Hall–Kier alpha value is -5.88. The van der Waals surface area contributed by atoms with Gasteiger partial charge < -0.3 is 4.57 Å². The number of pyridine rings is 2. The highest BCUT2D eigenvalue weighted by Gasteiger charge is 2.40. The summed E-state index contributed by atoms with van der Waals surface area (Å²) in [5.41, 5.74) is 11.0. The van der Waals surface area contributed by atoms with Gasteiger partial charge in [0.1, 0.15) is 0 Å². The first-order valence-corrected chi connectivity index (χ1v) is 14.9. The van der Waals surface area contributed by atoms with Gasteiger partial charge in [0, 0.05) is 46.7 Å². The van der Waals surface area contributed by atoms with Gasteiger partial charge >= 0.3 is 0 Å². The van der Waals surface area contributed by atoms with E-state index in [9.17, 15) is 9.59 Å². The van der Waals surface area contributed by atoms with Crippen molar-refractivity contribution in [1.82, 2.24) is 14.5 Å². The molecule has 0 aliphatic carbocycles. The van der Waals surface area contributed by atoms with Gasteiger partial charge in [0.25, 0.3) is 11.8 Å². The molecule has 0 atom stereocenters. The molecule has 0 radical (unpaired) electrons. The topological polar surface area (TPSA) is 68.1 Å². The third-order valence-electron chi connectivity index (χ3n) is 8.75. The van der Waals surface area contributed by atoms with Gasteiger partial charge in [-0.15, -0.1) is 0 Å². The highest BCUT2D eigenvalue weighted by Crippen LogP contribution is 2.41. The monoisotopic (exact) mass is 584 g/mol. The third kappa shape index (κ3) is 4.10. The van der Waals surface area contributed by atoms with Crippen LogP contribution in [0.5, 0.6) is 0 Å². The van der Waals surface area contributed by atoms with Gasteiger partial charge in [-0.1, -0.05) is 48.0 Å². The molecule has 0 saturated heterocycles. The van der Waals surface area contributed by atoms with Crippen molar-refractivity contribution in [2.75, 3.05) is 4.90 Å². The molecule has 0 unspecified atom stereocenters. The SMILES string of the molecule is Cc1cc(C)c(N2C(=O)c3cccc(-n4c5ccc(-c6cccnc6)cc5c5cc(-c6cccnc6)ccc54)c3C2=O)c(C)c1. The van der Waals surface area contributed by atoms with E-state index in [0.29, 0.717) is 22.5 Å². The zero-order chi connectivity index (χ0) is 30.8. The van der Waals surface area contributed by atoms with Crippen LogP contribution in [-0.4, -0.2) is 26.3 Å². The van der Waals surface area contributed by atoms with Crippen LogP contribution in [0, 0.1) is 20.8 Å². The number of hydrogen-bond donors (Lipinski definition) is 0. The number of aromatic nitrogens is 3. The number of aryl methyl sites for hydroxylation is 3. The molecular weight excluding hydrogens is 556 g/mol. The second-order valence-corrected chi connectivity index (χ2v) is 11.7.